The molecule has 1 aromatic carbocycles. The van der Waals surface area contributed by atoms with Crippen LogP contribution in [0.1, 0.15) is 24.8 Å². The van der Waals surface area contributed by atoms with Gasteiger partial charge < -0.3 is 16.4 Å². The van der Waals surface area contributed by atoms with Gasteiger partial charge in [-0.05, 0) is 37.0 Å². The number of hydrogen-bond donors (Lipinski definition) is 3. The number of nitrogens with two attached hydrogens (primary N) is 1. The molecule has 18 heavy (non-hydrogen) atoms. The second kappa shape index (κ2) is 4.37. The average Bonchev–Trinajstić information content (AvgIpc) is 2.70. The van der Waals surface area contributed by atoms with Crippen LogP contribution in [0.2, 0.25) is 0 Å². The Labute approximate surface area is 106 Å². The monoisotopic (exact) mass is 243 g/mol. The van der Waals surface area contributed by atoms with E-state index in [0.29, 0.717) is 12.5 Å². The smallest absolute Gasteiger partial charge is 0.228 e. The third kappa shape index (κ3) is 2.06. The van der Waals surface area contributed by atoms with Crippen molar-refractivity contribution in [3.05, 3.63) is 29.8 Å². The van der Waals surface area contributed by atoms with E-state index in [9.17, 15) is 4.79 Å². The second-order valence-electron chi connectivity index (χ2n) is 4.95. The Bertz CT molecular complexity index is 522. The first-order valence-electron chi connectivity index (χ1n) is 6.36. The number of nitrogen functional groups attached to an aromatic ring is 1. The standard InChI is InChI=1S/C14H17N3O/c15-11-6-9-7-14(18)17-12(9)8-13(11)16-10-4-2-1-3-5-10/h1-2,6,8,10,16H,3-5,7,15H2,(H,17,18). The van der Waals surface area contributed by atoms with Crippen LogP contribution in [0.3, 0.4) is 0 Å². The lowest BCUT2D eigenvalue weighted by Crippen LogP contribution is -2.21. The van der Waals surface area contributed by atoms with E-state index in [2.05, 4.69) is 22.8 Å². The van der Waals surface area contributed by atoms with Crippen LogP contribution in [0.4, 0.5) is 17.1 Å². The van der Waals surface area contributed by atoms with Crippen molar-refractivity contribution in [1.82, 2.24) is 0 Å². The summed E-state index contributed by atoms with van der Waals surface area (Å²) in [7, 11) is 0. The molecule has 0 aromatic heterocycles. The Morgan fingerprint density at radius 3 is 3.00 bits per heavy atom. The largest absolute Gasteiger partial charge is 0.397 e. The lowest BCUT2D eigenvalue weighted by molar-refractivity contribution is -0.115. The minimum atomic E-state index is 0.0437. The predicted molar refractivity (Wildman–Crippen MR) is 73.6 cm³/mol. The number of carbonyl (C=O) groups is 1. The van der Waals surface area contributed by atoms with Crippen molar-refractivity contribution in [3.63, 3.8) is 0 Å². The Kier molecular flexibility index (Phi) is 2.70. The van der Waals surface area contributed by atoms with Gasteiger partial charge in [0.1, 0.15) is 0 Å². The molecule has 0 fully saturated rings. The molecule has 1 atom stereocenters. The number of allylic oxidation sites excluding steroid dienone is 1. The summed E-state index contributed by atoms with van der Waals surface area (Å²) in [6.45, 7) is 0. The molecule has 1 aliphatic carbocycles. The van der Waals surface area contributed by atoms with Gasteiger partial charge >= 0.3 is 0 Å². The Balaban J connectivity index is 1.82. The van der Waals surface area contributed by atoms with Crippen molar-refractivity contribution in [2.45, 2.75) is 31.7 Å². The van der Waals surface area contributed by atoms with E-state index in [4.69, 9.17) is 5.73 Å². The van der Waals surface area contributed by atoms with E-state index in [1.165, 1.54) is 0 Å². The summed E-state index contributed by atoms with van der Waals surface area (Å²) in [5.74, 6) is 0.0437. The highest BCUT2D eigenvalue weighted by molar-refractivity contribution is 6.00. The number of amides is 1. The van der Waals surface area contributed by atoms with Crippen molar-refractivity contribution in [2.75, 3.05) is 16.4 Å². The molecule has 4 heteroatoms. The first-order chi connectivity index (χ1) is 8.72. The molecule has 0 radical (unpaired) electrons. The molecule has 1 amide bonds. The topological polar surface area (TPSA) is 67.2 Å². The van der Waals surface area contributed by atoms with Gasteiger partial charge in [0.2, 0.25) is 5.91 Å². The lowest BCUT2D eigenvalue weighted by atomic mass is 10.0. The molecule has 0 bridgehead atoms. The normalized spacial score (nSPS) is 21.6. The highest BCUT2D eigenvalue weighted by atomic mass is 16.1. The fourth-order valence-electron chi connectivity index (χ4n) is 2.56. The fraction of sp³-hybridized carbons (Fsp3) is 0.357. The minimum absolute atomic E-state index is 0.0437. The number of benzene rings is 1. The number of fused-ring (bicyclic) bond motifs is 1. The Morgan fingerprint density at radius 1 is 1.33 bits per heavy atom. The number of hydrogen-bond acceptors (Lipinski definition) is 3. The molecular formula is C14H17N3O. The van der Waals surface area contributed by atoms with Gasteiger partial charge in [0.15, 0.2) is 0 Å². The zero-order valence-corrected chi connectivity index (χ0v) is 10.2. The summed E-state index contributed by atoms with van der Waals surface area (Å²) in [5, 5.41) is 6.32. The van der Waals surface area contributed by atoms with E-state index in [0.717, 1.165) is 41.9 Å². The Hall–Kier alpha value is -1.97. The highest BCUT2D eigenvalue weighted by Crippen LogP contribution is 2.32. The van der Waals surface area contributed by atoms with Gasteiger partial charge in [-0.25, -0.2) is 0 Å². The van der Waals surface area contributed by atoms with Gasteiger partial charge in [-0.2, -0.15) is 0 Å². The fourth-order valence-corrected chi connectivity index (χ4v) is 2.56. The highest BCUT2D eigenvalue weighted by Gasteiger charge is 2.20. The second-order valence-corrected chi connectivity index (χ2v) is 4.95. The molecule has 4 N–H and O–H groups in total. The first-order valence-corrected chi connectivity index (χ1v) is 6.36. The van der Waals surface area contributed by atoms with Crippen LogP contribution in [0.25, 0.3) is 0 Å². The van der Waals surface area contributed by atoms with Crippen molar-refractivity contribution < 1.29 is 4.79 Å². The van der Waals surface area contributed by atoms with Gasteiger partial charge in [-0.15, -0.1) is 0 Å². The molecule has 1 heterocycles. The molecular weight excluding hydrogens is 226 g/mol. The third-order valence-electron chi connectivity index (χ3n) is 3.53. The molecule has 1 aromatic rings. The molecule has 1 unspecified atom stereocenters. The van der Waals surface area contributed by atoms with Crippen molar-refractivity contribution >= 4 is 23.0 Å². The third-order valence-corrected chi connectivity index (χ3v) is 3.53. The summed E-state index contributed by atoms with van der Waals surface area (Å²) in [6.07, 6.45) is 8.12. The number of carbonyl (C=O) groups excluding carboxylic acids is 1. The van der Waals surface area contributed by atoms with E-state index in [1.54, 1.807) is 0 Å². The van der Waals surface area contributed by atoms with Crippen LogP contribution in [-0.4, -0.2) is 11.9 Å². The van der Waals surface area contributed by atoms with Crippen molar-refractivity contribution in [2.24, 2.45) is 0 Å². The van der Waals surface area contributed by atoms with Crippen LogP contribution >= 0.6 is 0 Å². The van der Waals surface area contributed by atoms with Gasteiger partial charge in [0, 0.05) is 11.7 Å². The van der Waals surface area contributed by atoms with Crippen molar-refractivity contribution in [1.29, 1.82) is 0 Å². The molecule has 0 saturated heterocycles. The van der Waals surface area contributed by atoms with E-state index >= 15 is 0 Å². The SMILES string of the molecule is Nc1cc2c(cc1NC1CC=CCC1)NC(=O)C2. The molecule has 1 aliphatic heterocycles. The zero-order chi connectivity index (χ0) is 12.5. The summed E-state index contributed by atoms with van der Waals surface area (Å²) >= 11 is 0. The van der Waals surface area contributed by atoms with Gasteiger partial charge in [0.05, 0.1) is 17.8 Å². The number of anilines is 3. The summed E-state index contributed by atoms with van der Waals surface area (Å²) in [5.41, 5.74) is 9.57. The minimum Gasteiger partial charge on any atom is -0.397 e. The molecule has 3 rings (SSSR count). The summed E-state index contributed by atoms with van der Waals surface area (Å²) < 4.78 is 0. The summed E-state index contributed by atoms with van der Waals surface area (Å²) in [6, 6.07) is 4.29. The maximum Gasteiger partial charge on any atom is 0.228 e. The van der Waals surface area contributed by atoms with Crippen LogP contribution < -0.4 is 16.4 Å². The van der Waals surface area contributed by atoms with Crippen LogP contribution in [-0.2, 0) is 11.2 Å². The summed E-state index contributed by atoms with van der Waals surface area (Å²) in [4.78, 5) is 11.3. The van der Waals surface area contributed by atoms with Crippen LogP contribution in [0.15, 0.2) is 24.3 Å². The molecule has 0 spiro atoms. The van der Waals surface area contributed by atoms with E-state index < -0.39 is 0 Å². The predicted octanol–water partition coefficient (Wildman–Crippen LogP) is 2.28. The number of rotatable bonds is 2. The number of nitrogens with one attached hydrogen (secondary N) is 2. The van der Waals surface area contributed by atoms with Gasteiger partial charge in [-0.1, -0.05) is 12.2 Å². The lowest BCUT2D eigenvalue weighted by Gasteiger charge is -2.22. The molecule has 94 valence electrons. The van der Waals surface area contributed by atoms with Crippen molar-refractivity contribution in [3.8, 4) is 0 Å². The Morgan fingerprint density at radius 2 is 2.22 bits per heavy atom. The zero-order valence-electron chi connectivity index (χ0n) is 10.2. The maximum absolute atomic E-state index is 11.3. The first kappa shape index (κ1) is 11.1. The van der Waals surface area contributed by atoms with E-state index in [1.807, 2.05) is 12.1 Å². The molecule has 4 nitrogen and oxygen atoms in total. The maximum atomic E-state index is 11.3. The quantitative estimate of drug-likeness (QED) is 0.551. The molecule has 2 aliphatic rings. The molecule has 0 saturated carbocycles. The van der Waals surface area contributed by atoms with Crippen LogP contribution in [0.5, 0.6) is 0 Å². The van der Waals surface area contributed by atoms with E-state index in [-0.39, 0.29) is 5.91 Å². The van der Waals surface area contributed by atoms with Gasteiger partial charge in [-0.3, -0.25) is 4.79 Å². The van der Waals surface area contributed by atoms with Crippen LogP contribution in [0, 0.1) is 0 Å². The average molecular weight is 243 g/mol. The van der Waals surface area contributed by atoms with Gasteiger partial charge in [0.25, 0.3) is 0 Å².